The van der Waals surface area contributed by atoms with Crippen LogP contribution in [-0.4, -0.2) is 37.2 Å². The van der Waals surface area contributed by atoms with Crippen LogP contribution < -0.4 is 0 Å². The van der Waals surface area contributed by atoms with Crippen LogP contribution >= 0.6 is 0 Å². The molecule has 356 valence electrons. The van der Waals surface area contributed by atoms with Crippen molar-refractivity contribution in [3.05, 3.63) is 0 Å². The Morgan fingerprint density at radius 1 is 0.317 bits per heavy atom. The predicted octanol–water partition coefficient (Wildman–Crippen LogP) is 17.3. The van der Waals surface area contributed by atoms with Crippen molar-refractivity contribution in [3.63, 3.8) is 0 Å². The summed E-state index contributed by atoms with van der Waals surface area (Å²) in [7, 11) is 0. The summed E-state index contributed by atoms with van der Waals surface area (Å²) in [4.78, 5) is 37.7. The molecular formula is C54H104O6. The molecule has 0 unspecified atom stereocenters. The average molecular weight is 849 g/mol. The van der Waals surface area contributed by atoms with Crippen LogP contribution in [-0.2, 0) is 28.6 Å². The highest BCUT2D eigenvalue weighted by Gasteiger charge is 2.19. The molecule has 0 heterocycles. The van der Waals surface area contributed by atoms with Gasteiger partial charge in [-0.2, -0.15) is 0 Å². The normalized spacial score (nSPS) is 12.1. The van der Waals surface area contributed by atoms with E-state index >= 15 is 0 Å². The van der Waals surface area contributed by atoms with Crippen LogP contribution in [0.2, 0.25) is 0 Å². The first-order chi connectivity index (χ1) is 29.2. The number of carbonyl (C=O) groups is 3. The predicted molar refractivity (Wildman–Crippen MR) is 256 cm³/mol. The van der Waals surface area contributed by atoms with Crippen molar-refractivity contribution in [1.29, 1.82) is 0 Å². The van der Waals surface area contributed by atoms with E-state index in [9.17, 15) is 14.4 Å². The fourth-order valence-electron chi connectivity index (χ4n) is 8.17. The summed E-state index contributed by atoms with van der Waals surface area (Å²) >= 11 is 0. The molecule has 60 heavy (non-hydrogen) atoms. The number of hydrogen-bond acceptors (Lipinski definition) is 6. The fourth-order valence-corrected chi connectivity index (χ4v) is 8.17. The summed E-state index contributed by atoms with van der Waals surface area (Å²) in [5.74, 6) is 0.838. The van der Waals surface area contributed by atoms with Crippen LogP contribution in [0.5, 0.6) is 0 Å². The van der Waals surface area contributed by atoms with Crippen LogP contribution in [0.1, 0.15) is 298 Å². The van der Waals surface area contributed by atoms with Crippen molar-refractivity contribution in [2.75, 3.05) is 13.2 Å². The highest BCUT2D eigenvalue weighted by molar-refractivity contribution is 5.71. The Hall–Kier alpha value is -1.59. The molecule has 0 rings (SSSR count). The minimum atomic E-state index is -0.760. The Labute approximate surface area is 374 Å². The van der Waals surface area contributed by atoms with Gasteiger partial charge in [-0.15, -0.1) is 0 Å². The third-order valence-corrected chi connectivity index (χ3v) is 12.2. The molecule has 6 nitrogen and oxygen atoms in total. The van der Waals surface area contributed by atoms with E-state index in [2.05, 4.69) is 34.6 Å². The first kappa shape index (κ1) is 58.4. The number of unbranched alkanes of at least 4 members (excludes halogenated alkanes) is 33. The van der Waals surface area contributed by atoms with E-state index in [0.717, 1.165) is 76.0 Å². The molecule has 0 aliphatic carbocycles. The largest absolute Gasteiger partial charge is 0.462 e. The van der Waals surface area contributed by atoms with Crippen LogP contribution in [0.15, 0.2) is 0 Å². The van der Waals surface area contributed by atoms with E-state index in [-0.39, 0.29) is 31.1 Å². The zero-order valence-corrected chi connectivity index (χ0v) is 41.1. The second-order valence-electron chi connectivity index (χ2n) is 19.5. The van der Waals surface area contributed by atoms with Gasteiger partial charge in [0.15, 0.2) is 6.10 Å². The molecule has 0 radical (unpaired) electrons. The Balaban J connectivity index is 4.07. The maximum Gasteiger partial charge on any atom is 0.306 e. The minimum absolute atomic E-state index is 0.0644. The lowest BCUT2D eigenvalue weighted by Crippen LogP contribution is -2.30. The molecule has 0 aromatic carbocycles. The average Bonchev–Trinajstić information content (AvgIpc) is 3.22. The maximum absolute atomic E-state index is 12.8. The summed E-state index contributed by atoms with van der Waals surface area (Å²) in [6, 6.07) is 0. The number of rotatable bonds is 48. The van der Waals surface area contributed by atoms with Gasteiger partial charge in [0.25, 0.3) is 0 Å². The summed E-state index contributed by atoms with van der Waals surface area (Å²) in [6.45, 7) is 11.3. The Morgan fingerprint density at radius 2 is 0.550 bits per heavy atom. The number of carbonyl (C=O) groups excluding carboxylic acids is 3. The summed E-state index contributed by atoms with van der Waals surface area (Å²) in [6.07, 6.45) is 48.4. The van der Waals surface area contributed by atoms with E-state index in [0.29, 0.717) is 19.3 Å². The lowest BCUT2D eigenvalue weighted by molar-refractivity contribution is -0.167. The van der Waals surface area contributed by atoms with Gasteiger partial charge in [-0.1, -0.05) is 259 Å². The molecule has 0 saturated heterocycles. The SMILES string of the molecule is CCCCCCCC(=O)OC[C@@H](COC(=O)CCCCCCCCCCCCCCCC(C)C)OC(=O)CCCCCCCCCCCCCCCCCCCCC(C)C. The highest BCUT2D eigenvalue weighted by Crippen LogP contribution is 2.18. The van der Waals surface area contributed by atoms with Crippen molar-refractivity contribution >= 4 is 17.9 Å². The molecule has 0 amide bonds. The van der Waals surface area contributed by atoms with Gasteiger partial charge in [-0.05, 0) is 31.1 Å². The quantitative estimate of drug-likeness (QED) is 0.0345. The zero-order chi connectivity index (χ0) is 44.0. The molecule has 0 aliphatic rings. The van der Waals surface area contributed by atoms with Crippen molar-refractivity contribution in [1.82, 2.24) is 0 Å². The Morgan fingerprint density at radius 3 is 0.817 bits per heavy atom. The Kier molecular flexibility index (Phi) is 45.7. The lowest BCUT2D eigenvalue weighted by Gasteiger charge is -2.18. The van der Waals surface area contributed by atoms with E-state index in [1.54, 1.807) is 0 Å². The van der Waals surface area contributed by atoms with Gasteiger partial charge in [0.1, 0.15) is 13.2 Å². The Bertz CT molecular complexity index is 916. The fraction of sp³-hybridized carbons (Fsp3) is 0.944. The van der Waals surface area contributed by atoms with Gasteiger partial charge in [0.2, 0.25) is 0 Å². The molecule has 0 bridgehead atoms. The van der Waals surface area contributed by atoms with Gasteiger partial charge in [-0.3, -0.25) is 14.4 Å². The van der Waals surface area contributed by atoms with E-state index in [1.165, 1.54) is 180 Å². The van der Waals surface area contributed by atoms with Gasteiger partial charge in [0.05, 0.1) is 0 Å². The first-order valence-corrected chi connectivity index (χ1v) is 26.7. The lowest BCUT2D eigenvalue weighted by atomic mass is 10.0. The molecule has 6 heteroatoms. The van der Waals surface area contributed by atoms with Gasteiger partial charge in [-0.25, -0.2) is 0 Å². The van der Waals surface area contributed by atoms with Crippen molar-refractivity contribution in [2.45, 2.75) is 304 Å². The zero-order valence-electron chi connectivity index (χ0n) is 41.1. The molecule has 0 aliphatic heterocycles. The second kappa shape index (κ2) is 46.9. The van der Waals surface area contributed by atoms with Crippen LogP contribution in [0, 0.1) is 11.8 Å². The molecule has 0 spiro atoms. The topological polar surface area (TPSA) is 78.9 Å². The monoisotopic (exact) mass is 849 g/mol. The molecule has 0 aromatic rings. The van der Waals surface area contributed by atoms with E-state index in [4.69, 9.17) is 14.2 Å². The molecule has 0 saturated carbocycles. The van der Waals surface area contributed by atoms with Crippen LogP contribution in [0.25, 0.3) is 0 Å². The smallest absolute Gasteiger partial charge is 0.306 e. The summed E-state index contributed by atoms with van der Waals surface area (Å²) in [5.41, 5.74) is 0. The summed E-state index contributed by atoms with van der Waals surface area (Å²) < 4.78 is 16.7. The van der Waals surface area contributed by atoms with Gasteiger partial charge < -0.3 is 14.2 Å². The number of esters is 3. The molecule has 0 fully saturated rings. The first-order valence-electron chi connectivity index (χ1n) is 26.7. The van der Waals surface area contributed by atoms with Crippen LogP contribution in [0.4, 0.5) is 0 Å². The third kappa shape index (κ3) is 47.5. The van der Waals surface area contributed by atoms with Gasteiger partial charge >= 0.3 is 17.9 Å². The maximum atomic E-state index is 12.8. The van der Waals surface area contributed by atoms with Crippen molar-refractivity contribution in [3.8, 4) is 0 Å². The molecule has 0 N–H and O–H groups in total. The molecule has 0 aromatic heterocycles. The second-order valence-corrected chi connectivity index (χ2v) is 19.5. The summed E-state index contributed by atoms with van der Waals surface area (Å²) in [5, 5.41) is 0. The molecular weight excluding hydrogens is 745 g/mol. The van der Waals surface area contributed by atoms with Crippen molar-refractivity contribution < 1.29 is 28.6 Å². The highest BCUT2D eigenvalue weighted by atomic mass is 16.6. The minimum Gasteiger partial charge on any atom is -0.462 e. The molecule has 1 atom stereocenters. The van der Waals surface area contributed by atoms with Crippen LogP contribution in [0.3, 0.4) is 0 Å². The van der Waals surface area contributed by atoms with Crippen molar-refractivity contribution in [2.24, 2.45) is 11.8 Å². The van der Waals surface area contributed by atoms with Gasteiger partial charge in [0, 0.05) is 19.3 Å². The number of ether oxygens (including phenoxy) is 3. The standard InChI is InChI=1S/C54H104O6/c1-6-7-8-32-39-44-52(55)58-47-51(48-59-53(56)45-40-35-30-26-22-19-15-17-21-25-29-34-38-43-50(4)5)60-54(57)46-41-36-31-27-23-18-14-12-10-9-11-13-16-20-24-28-33-37-42-49(2)3/h49-51H,6-48H2,1-5H3/t51-/m0/s1. The van der Waals surface area contributed by atoms with E-state index < -0.39 is 6.10 Å². The van der Waals surface area contributed by atoms with E-state index in [1.807, 2.05) is 0 Å². The number of hydrogen-bond donors (Lipinski definition) is 0. The third-order valence-electron chi connectivity index (χ3n) is 12.2.